The van der Waals surface area contributed by atoms with Crippen molar-refractivity contribution in [1.82, 2.24) is 4.98 Å². The van der Waals surface area contributed by atoms with Gasteiger partial charge in [-0.05, 0) is 42.8 Å². The number of aromatic amines is 1. The molecule has 2 heteroatoms. The van der Waals surface area contributed by atoms with E-state index in [4.69, 9.17) is 4.42 Å². The quantitative estimate of drug-likeness (QED) is 0.780. The van der Waals surface area contributed by atoms with Crippen LogP contribution < -0.4 is 10.6 Å². The van der Waals surface area contributed by atoms with Crippen LogP contribution in [0.15, 0.2) is 46.9 Å². The molecule has 0 atom stereocenters. The maximum absolute atomic E-state index is 5.69. The Hall–Kier alpha value is -2.48. The highest BCUT2D eigenvalue weighted by Crippen LogP contribution is 2.21. The van der Waals surface area contributed by atoms with Crippen molar-refractivity contribution in [1.29, 1.82) is 0 Å². The van der Waals surface area contributed by atoms with E-state index in [2.05, 4.69) is 48.0 Å². The Kier molecular flexibility index (Phi) is 3.53. The van der Waals surface area contributed by atoms with Crippen molar-refractivity contribution in [3.63, 3.8) is 0 Å². The van der Waals surface area contributed by atoms with Gasteiger partial charge in [0, 0.05) is 22.9 Å². The fraction of sp³-hybridized carbons (Fsp3) is 0.158. The molecule has 1 aromatic carbocycles. The topological polar surface area (TPSA) is 28.9 Å². The first-order valence-corrected chi connectivity index (χ1v) is 7.14. The maximum Gasteiger partial charge on any atom is 0.134 e. The largest absolute Gasteiger partial charge is 0.461 e. The van der Waals surface area contributed by atoms with E-state index in [0.717, 1.165) is 33.7 Å². The summed E-state index contributed by atoms with van der Waals surface area (Å²) in [6.45, 7) is 8.03. The van der Waals surface area contributed by atoms with E-state index in [-0.39, 0.29) is 0 Å². The highest BCUT2D eigenvalue weighted by atomic mass is 16.3. The van der Waals surface area contributed by atoms with Crippen LogP contribution in [-0.2, 0) is 6.42 Å². The van der Waals surface area contributed by atoms with E-state index in [1.165, 1.54) is 11.3 Å². The lowest BCUT2D eigenvalue weighted by atomic mass is 10.1. The third kappa shape index (κ3) is 2.84. The third-order valence-electron chi connectivity index (χ3n) is 3.56. The van der Waals surface area contributed by atoms with E-state index in [1.807, 2.05) is 26.0 Å². The smallest absolute Gasteiger partial charge is 0.134 e. The highest BCUT2D eigenvalue weighted by molar-refractivity contribution is 5.78. The molecule has 0 amide bonds. The molecule has 0 radical (unpaired) electrons. The molecule has 2 aromatic heterocycles. The summed E-state index contributed by atoms with van der Waals surface area (Å²) >= 11 is 0. The number of H-pyrrole nitrogens is 1. The van der Waals surface area contributed by atoms with E-state index in [0.29, 0.717) is 0 Å². The van der Waals surface area contributed by atoms with Gasteiger partial charge in [0.15, 0.2) is 0 Å². The molecule has 0 aliphatic heterocycles. The van der Waals surface area contributed by atoms with E-state index >= 15 is 0 Å². The molecule has 3 rings (SSSR count). The van der Waals surface area contributed by atoms with Crippen LogP contribution in [0.4, 0.5) is 0 Å². The molecule has 0 bridgehead atoms. The van der Waals surface area contributed by atoms with Crippen LogP contribution in [0.25, 0.3) is 23.6 Å². The Morgan fingerprint density at radius 1 is 1.24 bits per heavy atom. The molecule has 0 aliphatic carbocycles. The molecular weight excluding hydrogens is 258 g/mol. The van der Waals surface area contributed by atoms with Crippen LogP contribution in [-0.4, -0.2) is 4.98 Å². The number of fused-ring (bicyclic) bond motifs is 1. The molecular formula is C19H19NO. The fourth-order valence-electron chi connectivity index (χ4n) is 2.56. The molecule has 21 heavy (non-hydrogen) atoms. The van der Waals surface area contributed by atoms with Crippen molar-refractivity contribution < 1.29 is 4.42 Å². The summed E-state index contributed by atoms with van der Waals surface area (Å²) in [5, 5.41) is 3.25. The number of rotatable bonds is 3. The third-order valence-corrected chi connectivity index (χ3v) is 3.56. The van der Waals surface area contributed by atoms with Crippen molar-refractivity contribution in [2.24, 2.45) is 0 Å². The maximum atomic E-state index is 5.69. The first-order chi connectivity index (χ1) is 10.2. The van der Waals surface area contributed by atoms with Crippen LogP contribution >= 0.6 is 0 Å². The predicted molar refractivity (Wildman–Crippen MR) is 88.6 cm³/mol. The van der Waals surface area contributed by atoms with Crippen molar-refractivity contribution in [2.75, 3.05) is 0 Å². The number of furan rings is 1. The lowest BCUT2D eigenvalue weighted by Crippen LogP contribution is -2.19. The summed E-state index contributed by atoms with van der Waals surface area (Å²) in [5.74, 6) is 0.949. The van der Waals surface area contributed by atoms with Gasteiger partial charge < -0.3 is 9.40 Å². The summed E-state index contributed by atoms with van der Waals surface area (Å²) < 4.78 is 5.69. The molecule has 2 heterocycles. The van der Waals surface area contributed by atoms with Crippen LogP contribution in [0.1, 0.15) is 23.9 Å². The molecule has 2 nitrogen and oxygen atoms in total. The first kappa shape index (κ1) is 13.5. The Bertz CT molecular complexity index is 909. The zero-order chi connectivity index (χ0) is 14.8. The average molecular weight is 277 g/mol. The first-order valence-electron chi connectivity index (χ1n) is 7.14. The molecule has 0 spiro atoms. The molecule has 0 fully saturated rings. The molecule has 0 saturated carbocycles. The molecule has 0 saturated heterocycles. The molecule has 0 aliphatic rings. The summed E-state index contributed by atoms with van der Waals surface area (Å²) in [4.78, 5) is 3.35. The number of nitrogens with one attached hydrogen (secondary N) is 1. The SMILES string of the molecule is C=c1[nH]c(Cc2ccc3cc(C)oc3c2)cc1=CC=CC. The van der Waals surface area contributed by atoms with Gasteiger partial charge in [0.05, 0.1) is 0 Å². The Morgan fingerprint density at radius 3 is 2.90 bits per heavy atom. The minimum atomic E-state index is 0.849. The normalized spacial score (nSPS) is 12.8. The highest BCUT2D eigenvalue weighted by Gasteiger charge is 2.03. The van der Waals surface area contributed by atoms with Gasteiger partial charge in [-0.25, -0.2) is 0 Å². The van der Waals surface area contributed by atoms with Crippen LogP contribution in [0, 0.1) is 6.92 Å². The zero-order valence-electron chi connectivity index (χ0n) is 12.4. The van der Waals surface area contributed by atoms with Crippen LogP contribution in [0.2, 0.25) is 0 Å². The molecule has 1 N–H and O–H groups in total. The van der Waals surface area contributed by atoms with Crippen LogP contribution in [0.5, 0.6) is 0 Å². The second-order valence-corrected chi connectivity index (χ2v) is 5.33. The lowest BCUT2D eigenvalue weighted by molar-refractivity contribution is 0.578. The minimum Gasteiger partial charge on any atom is -0.461 e. The number of aryl methyl sites for hydroxylation is 1. The standard InChI is InChI=1S/C19H19NO/c1-4-5-6-16-12-18(20-14(16)3)10-15-7-8-17-9-13(2)21-19(17)11-15/h4-9,11-12,20H,3,10H2,1-2H3. The number of aromatic nitrogens is 1. The van der Waals surface area contributed by atoms with Gasteiger partial charge in [-0.2, -0.15) is 0 Å². The number of benzene rings is 1. The summed E-state index contributed by atoms with van der Waals surface area (Å²) in [5.41, 5.74) is 3.35. The van der Waals surface area contributed by atoms with Gasteiger partial charge in [0.2, 0.25) is 0 Å². The second-order valence-electron chi connectivity index (χ2n) is 5.33. The molecule has 106 valence electrons. The Labute approximate surface area is 124 Å². The predicted octanol–water partition coefficient (Wildman–Crippen LogP) is 3.43. The fourth-order valence-corrected chi connectivity index (χ4v) is 2.56. The Morgan fingerprint density at radius 2 is 2.10 bits per heavy atom. The van der Waals surface area contributed by atoms with Gasteiger partial charge in [-0.3, -0.25) is 0 Å². The monoisotopic (exact) mass is 277 g/mol. The van der Waals surface area contributed by atoms with Gasteiger partial charge in [-0.15, -0.1) is 0 Å². The molecule has 0 unspecified atom stereocenters. The minimum absolute atomic E-state index is 0.849. The van der Waals surface area contributed by atoms with Gasteiger partial charge in [-0.1, -0.05) is 36.9 Å². The van der Waals surface area contributed by atoms with Gasteiger partial charge in [0.25, 0.3) is 0 Å². The summed E-state index contributed by atoms with van der Waals surface area (Å²) in [6.07, 6.45) is 6.96. The van der Waals surface area contributed by atoms with Crippen molar-refractivity contribution in [3.05, 3.63) is 70.1 Å². The lowest BCUT2D eigenvalue weighted by Gasteiger charge is -1.99. The number of hydrogen-bond donors (Lipinski definition) is 1. The van der Waals surface area contributed by atoms with Crippen LogP contribution in [0.3, 0.4) is 0 Å². The summed E-state index contributed by atoms with van der Waals surface area (Å²) in [7, 11) is 0. The van der Waals surface area contributed by atoms with Gasteiger partial charge in [0.1, 0.15) is 11.3 Å². The molecule has 3 aromatic rings. The second kappa shape index (κ2) is 5.49. The Balaban J connectivity index is 1.93. The van der Waals surface area contributed by atoms with Gasteiger partial charge >= 0.3 is 0 Å². The van der Waals surface area contributed by atoms with E-state index in [9.17, 15) is 0 Å². The number of allylic oxidation sites excluding steroid dienone is 2. The zero-order valence-corrected chi connectivity index (χ0v) is 12.4. The average Bonchev–Trinajstić information content (AvgIpc) is 2.98. The summed E-state index contributed by atoms with van der Waals surface area (Å²) in [6, 6.07) is 10.6. The van der Waals surface area contributed by atoms with E-state index < -0.39 is 0 Å². The number of hydrogen-bond acceptors (Lipinski definition) is 1. The van der Waals surface area contributed by atoms with Crippen molar-refractivity contribution in [2.45, 2.75) is 20.3 Å². The van der Waals surface area contributed by atoms with E-state index in [1.54, 1.807) is 0 Å². The van der Waals surface area contributed by atoms with Crippen molar-refractivity contribution >= 4 is 23.6 Å². The van der Waals surface area contributed by atoms with Crippen molar-refractivity contribution in [3.8, 4) is 0 Å².